The van der Waals surface area contributed by atoms with E-state index in [1.54, 1.807) is 0 Å². The number of morpholine rings is 1. The molecule has 4 rings (SSSR count). The molecule has 1 atom stereocenters. The second-order valence-electron chi connectivity index (χ2n) is 7.83. The lowest BCUT2D eigenvalue weighted by Gasteiger charge is -2.31. The maximum atomic E-state index is 5.44. The van der Waals surface area contributed by atoms with E-state index in [0.717, 1.165) is 64.1 Å². The number of nitrogens with zero attached hydrogens (tertiary/aromatic N) is 5. The lowest BCUT2D eigenvalue weighted by atomic mass is 9.97. The fourth-order valence-electron chi connectivity index (χ4n) is 4.16. The van der Waals surface area contributed by atoms with Crippen molar-refractivity contribution in [3.05, 3.63) is 53.6 Å². The minimum Gasteiger partial charge on any atom is -0.379 e. The molecule has 0 aliphatic carbocycles. The van der Waals surface area contributed by atoms with E-state index in [1.807, 2.05) is 0 Å². The molecule has 2 aliphatic rings. The van der Waals surface area contributed by atoms with Crippen LogP contribution >= 0.6 is 0 Å². The van der Waals surface area contributed by atoms with Gasteiger partial charge in [-0.3, -0.25) is 9.80 Å². The molecule has 28 heavy (non-hydrogen) atoms. The number of likely N-dealkylation sites (tertiary alicyclic amines) is 1. The second kappa shape index (κ2) is 9.45. The standard InChI is InChI=1S/C22H31N5O/c1-25-21(18-27-13-15-28-16-14-27)23-24-22(25)20-10-6-12-26(17-20)11-5-9-19-7-3-2-4-8-19/h2-5,7-9,20H,6,10-18H2,1H3/b9-5+. The number of aromatic nitrogens is 3. The average Bonchev–Trinajstić information content (AvgIpc) is 3.10. The highest BCUT2D eigenvalue weighted by molar-refractivity contribution is 5.48. The third-order valence-electron chi connectivity index (χ3n) is 5.81. The minimum absolute atomic E-state index is 0.467. The van der Waals surface area contributed by atoms with Crippen LogP contribution < -0.4 is 0 Å². The Morgan fingerprint density at radius 3 is 2.71 bits per heavy atom. The van der Waals surface area contributed by atoms with Gasteiger partial charge in [0.25, 0.3) is 0 Å². The molecule has 1 aromatic carbocycles. The van der Waals surface area contributed by atoms with E-state index in [-0.39, 0.29) is 0 Å². The molecule has 6 nitrogen and oxygen atoms in total. The number of hydrogen-bond donors (Lipinski definition) is 0. The van der Waals surface area contributed by atoms with Crippen molar-refractivity contribution in [1.82, 2.24) is 24.6 Å². The summed E-state index contributed by atoms with van der Waals surface area (Å²) in [5.41, 5.74) is 1.26. The van der Waals surface area contributed by atoms with E-state index < -0.39 is 0 Å². The summed E-state index contributed by atoms with van der Waals surface area (Å²) in [4.78, 5) is 4.93. The molecule has 0 amide bonds. The van der Waals surface area contributed by atoms with Crippen LogP contribution in [0, 0.1) is 0 Å². The summed E-state index contributed by atoms with van der Waals surface area (Å²) in [5.74, 6) is 2.67. The van der Waals surface area contributed by atoms with Gasteiger partial charge in [0.15, 0.2) is 0 Å². The molecule has 2 aromatic rings. The third kappa shape index (κ3) is 4.87. The molecule has 1 unspecified atom stereocenters. The molecule has 3 heterocycles. The first-order chi connectivity index (χ1) is 13.8. The summed E-state index contributed by atoms with van der Waals surface area (Å²) < 4.78 is 7.67. The number of ether oxygens (including phenoxy) is 1. The van der Waals surface area contributed by atoms with Crippen LogP contribution in [-0.2, 0) is 18.3 Å². The average molecular weight is 382 g/mol. The fraction of sp³-hybridized carbons (Fsp3) is 0.545. The SMILES string of the molecule is Cn1c(CN2CCOCC2)nnc1C1CCCN(C/C=C/c2ccccc2)C1. The van der Waals surface area contributed by atoms with Crippen LogP contribution in [0.4, 0.5) is 0 Å². The quantitative estimate of drug-likeness (QED) is 0.770. The molecular formula is C22H31N5O. The zero-order valence-corrected chi connectivity index (χ0v) is 16.8. The van der Waals surface area contributed by atoms with E-state index in [2.05, 4.69) is 74.1 Å². The molecule has 150 valence electrons. The molecule has 2 aliphatic heterocycles. The number of benzene rings is 1. The van der Waals surface area contributed by atoms with Crippen LogP contribution in [0.3, 0.4) is 0 Å². The third-order valence-corrected chi connectivity index (χ3v) is 5.81. The largest absolute Gasteiger partial charge is 0.379 e. The normalized spacial score (nSPS) is 22.1. The van der Waals surface area contributed by atoms with Crippen LogP contribution in [0.15, 0.2) is 36.4 Å². The van der Waals surface area contributed by atoms with Gasteiger partial charge in [-0.2, -0.15) is 0 Å². The fourth-order valence-corrected chi connectivity index (χ4v) is 4.16. The first-order valence-electron chi connectivity index (χ1n) is 10.4. The smallest absolute Gasteiger partial charge is 0.146 e. The maximum absolute atomic E-state index is 5.44. The van der Waals surface area contributed by atoms with Crippen molar-refractivity contribution in [2.75, 3.05) is 45.9 Å². The van der Waals surface area contributed by atoms with Crippen molar-refractivity contribution >= 4 is 6.08 Å². The first kappa shape index (κ1) is 19.3. The Morgan fingerprint density at radius 1 is 1.07 bits per heavy atom. The topological polar surface area (TPSA) is 46.4 Å². The zero-order chi connectivity index (χ0) is 19.2. The molecule has 2 fully saturated rings. The van der Waals surface area contributed by atoms with Gasteiger partial charge in [0, 0.05) is 39.1 Å². The lowest BCUT2D eigenvalue weighted by molar-refractivity contribution is 0.0326. The van der Waals surface area contributed by atoms with Crippen molar-refractivity contribution in [2.45, 2.75) is 25.3 Å². The summed E-state index contributed by atoms with van der Waals surface area (Å²) in [7, 11) is 2.12. The molecule has 1 aromatic heterocycles. The van der Waals surface area contributed by atoms with Crippen LogP contribution in [0.5, 0.6) is 0 Å². The number of hydrogen-bond acceptors (Lipinski definition) is 5. The Balaban J connectivity index is 1.34. The molecule has 0 radical (unpaired) electrons. The number of rotatable bonds is 6. The summed E-state index contributed by atoms with van der Waals surface area (Å²) >= 11 is 0. The van der Waals surface area contributed by atoms with E-state index in [9.17, 15) is 0 Å². The van der Waals surface area contributed by atoms with Gasteiger partial charge in [-0.1, -0.05) is 42.5 Å². The highest BCUT2D eigenvalue weighted by Gasteiger charge is 2.26. The molecule has 0 bridgehead atoms. The Hall–Kier alpha value is -2.02. The van der Waals surface area contributed by atoms with Gasteiger partial charge in [0.2, 0.25) is 0 Å². The van der Waals surface area contributed by atoms with Gasteiger partial charge in [-0.15, -0.1) is 10.2 Å². The monoisotopic (exact) mass is 381 g/mol. The van der Waals surface area contributed by atoms with Gasteiger partial charge in [-0.05, 0) is 24.9 Å². The Morgan fingerprint density at radius 2 is 1.89 bits per heavy atom. The van der Waals surface area contributed by atoms with Gasteiger partial charge in [-0.25, -0.2) is 0 Å². The highest BCUT2D eigenvalue weighted by atomic mass is 16.5. The molecular weight excluding hydrogens is 350 g/mol. The zero-order valence-electron chi connectivity index (χ0n) is 16.8. The Labute approximate surface area is 167 Å². The number of piperidine rings is 1. The van der Waals surface area contributed by atoms with Crippen LogP contribution in [-0.4, -0.2) is 70.5 Å². The summed E-state index contributed by atoms with van der Waals surface area (Å²) in [6.07, 6.45) is 6.91. The highest BCUT2D eigenvalue weighted by Crippen LogP contribution is 2.26. The van der Waals surface area contributed by atoms with Crippen LogP contribution in [0.1, 0.15) is 36.0 Å². The Kier molecular flexibility index (Phi) is 6.52. The molecule has 2 saturated heterocycles. The molecule has 6 heteroatoms. The lowest BCUT2D eigenvalue weighted by Crippen LogP contribution is -2.37. The van der Waals surface area contributed by atoms with Gasteiger partial charge < -0.3 is 9.30 Å². The van der Waals surface area contributed by atoms with Gasteiger partial charge in [0.05, 0.1) is 19.8 Å². The molecule has 0 N–H and O–H groups in total. The van der Waals surface area contributed by atoms with Crippen molar-refractivity contribution in [2.24, 2.45) is 7.05 Å². The maximum Gasteiger partial charge on any atom is 0.146 e. The summed E-state index contributed by atoms with van der Waals surface area (Å²) in [6, 6.07) is 10.5. The van der Waals surface area contributed by atoms with E-state index in [1.165, 1.54) is 18.4 Å². The van der Waals surface area contributed by atoms with Crippen molar-refractivity contribution in [3.8, 4) is 0 Å². The van der Waals surface area contributed by atoms with Crippen LogP contribution in [0.25, 0.3) is 6.08 Å². The van der Waals surface area contributed by atoms with Gasteiger partial charge >= 0.3 is 0 Å². The predicted molar refractivity (Wildman–Crippen MR) is 111 cm³/mol. The molecule has 0 spiro atoms. The van der Waals surface area contributed by atoms with E-state index in [4.69, 9.17) is 4.74 Å². The van der Waals surface area contributed by atoms with E-state index >= 15 is 0 Å². The van der Waals surface area contributed by atoms with E-state index in [0.29, 0.717) is 5.92 Å². The van der Waals surface area contributed by atoms with Gasteiger partial charge in [0.1, 0.15) is 11.6 Å². The first-order valence-corrected chi connectivity index (χ1v) is 10.4. The predicted octanol–water partition coefficient (Wildman–Crippen LogP) is 2.54. The summed E-state index contributed by atoms with van der Waals surface area (Å²) in [5, 5.41) is 9.09. The minimum atomic E-state index is 0.467. The summed E-state index contributed by atoms with van der Waals surface area (Å²) in [6.45, 7) is 7.67. The molecule has 0 saturated carbocycles. The van der Waals surface area contributed by atoms with Crippen molar-refractivity contribution in [1.29, 1.82) is 0 Å². The van der Waals surface area contributed by atoms with Crippen molar-refractivity contribution in [3.63, 3.8) is 0 Å². The second-order valence-corrected chi connectivity index (χ2v) is 7.83. The van der Waals surface area contributed by atoms with Crippen LogP contribution in [0.2, 0.25) is 0 Å². The Bertz CT molecular complexity index is 766. The van der Waals surface area contributed by atoms with Crippen molar-refractivity contribution < 1.29 is 4.74 Å².